The van der Waals surface area contributed by atoms with Gasteiger partial charge in [0.25, 0.3) is 0 Å². The number of hydrogen-bond donors (Lipinski definition) is 1. The molecule has 0 amide bonds. The van der Waals surface area contributed by atoms with E-state index in [4.69, 9.17) is 5.73 Å². The molecule has 1 aliphatic rings. The van der Waals surface area contributed by atoms with Gasteiger partial charge < -0.3 is 10.6 Å². The minimum absolute atomic E-state index is 0.336. The second-order valence-electron chi connectivity index (χ2n) is 6.68. The van der Waals surface area contributed by atoms with Crippen LogP contribution in [0, 0.1) is 5.92 Å². The van der Waals surface area contributed by atoms with Crippen molar-refractivity contribution in [1.29, 1.82) is 0 Å². The molecule has 2 rings (SSSR count). The SMILES string of the molecule is CN(C)c1ccc(C(CN)N(C)CC2CCCCC2)cc1. The van der Waals surface area contributed by atoms with Crippen molar-refractivity contribution < 1.29 is 0 Å². The molecule has 21 heavy (non-hydrogen) atoms. The minimum atomic E-state index is 0.336. The zero-order valence-corrected chi connectivity index (χ0v) is 13.9. The molecule has 0 spiro atoms. The highest BCUT2D eigenvalue weighted by Gasteiger charge is 2.21. The summed E-state index contributed by atoms with van der Waals surface area (Å²) in [5, 5.41) is 0. The molecule has 1 saturated carbocycles. The number of likely N-dealkylation sites (N-methyl/N-ethyl adjacent to an activating group) is 1. The lowest BCUT2D eigenvalue weighted by molar-refractivity contribution is 0.186. The Hall–Kier alpha value is -1.06. The predicted molar refractivity (Wildman–Crippen MR) is 91.8 cm³/mol. The molecule has 1 aliphatic carbocycles. The summed E-state index contributed by atoms with van der Waals surface area (Å²) < 4.78 is 0. The van der Waals surface area contributed by atoms with Crippen LogP contribution in [0.2, 0.25) is 0 Å². The van der Waals surface area contributed by atoms with Gasteiger partial charge in [0.1, 0.15) is 0 Å². The Bertz CT molecular complexity index is 407. The fourth-order valence-corrected chi connectivity index (χ4v) is 3.47. The van der Waals surface area contributed by atoms with Gasteiger partial charge in [-0.25, -0.2) is 0 Å². The summed E-state index contributed by atoms with van der Waals surface area (Å²) in [6.45, 7) is 1.86. The molecular formula is C18H31N3. The molecular weight excluding hydrogens is 258 g/mol. The minimum Gasteiger partial charge on any atom is -0.378 e. The molecule has 3 heteroatoms. The fourth-order valence-electron chi connectivity index (χ4n) is 3.47. The van der Waals surface area contributed by atoms with Crippen molar-refractivity contribution >= 4 is 5.69 Å². The van der Waals surface area contributed by atoms with Crippen LogP contribution < -0.4 is 10.6 Å². The van der Waals surface area contributed by atoms with Gasteiger partial charge in [0.05, 0.1) is 0 Å². The predicted octanol–water partition coefficient (Wildman–Crippen LogP) is 3.26. The standard InChI is InChI=1S/C18H31N3/c1-20(2)17-11-9-16(10-12-17)18(13-19)21(3)14-15-7-5-4-6-8-15/h9-12,15,18H,4-8,13-14,19H2,1-3H3. The second kappa shape index (κ2) is 7.81. The Balaban J connectivity index is 2.00. The summed E-state index contributed by atoms with van der Waals surface area (Å²) in [6, 6.07) is 9.16. The van der Waals surface area contributed by atoms with Crippen molar-refractivity contribution in [3.05, 3.63) is 29.8 Å². The van der Waals surface area contributed by atoms with Crippen LogP contribution in [-0.4, -0.2) is 39.1 Å². The van der Waals surface area contributed by atoms with Crippen LogP contribution in [0.1, 0.15) is 43.7 Å². The van der Waals surface area contributed by atoms with E-state index in [1.165, 1.54) is 49.9 Å². The highest BCUT2D eigenvalue weighted by molar-refractivity contribution is 5.46. The highest BCUT2D eigenvalue weighted by Crippen LogP contribution is 2.27. The Morgan fingerprint density at radius 2 is 1.67 bits per heavy atom. The number of nitrogens with two attached hydrogens (primary N) is 1. The number of anilines is 1. The highest BCUT2D eigenvalue weighted by atomic mass is 15.1. The summed E-state index contributed by atoms with van der Waals surface area (Å²) in [4.78, 5) is 4.59. The molecule has 0 aromatic heterocycles. The first kappa shape index (κ1) is 16.3. The van der Waals surface area contributed by atoms with Gasteiger partial charge in [-0.3, -0.25) is 4.90 Å². The van der Waals surface area contributed by atoms with E-state index in [-0.39, 0.29) is 0 Å². The van der Waals surface area contributed by atoms with Gasteiger partial charge in [-0.05, 0) is 43.5 Å². The lowest BCUT2D eigenvalue weighted by atomic mass is 9.88. The van der Waals surface area contributed by atoms with Gasteiger partial charge >= 0.3 is 0 Å². The Labute approximate surface area is 130 Å². The van der Waals surface area contributed by atoms with Crippen LogP contribution in [-0.2, 0) is 0 Å². The van der Waals surface area contributed by atoms with Gasteiger partial charge in [-0.1, -0.05) is 31.4 Å². The third-order valence-electron chi connectivity index (χ3n) is 4.82. The smallest absolute Gasteiger partial charge is 0.0467 e. The van der Waals surface area contributed by atoms with Crippen LogP contribution >= 0.6 is 0 Å². The van der Waals surface area contributed by atoms with Gasteiger partial charge in [0, 0.05) is 38.9 Å². The first-order chi connectivity index (χ1) is 10.1. The molecule has 1 aromatic carbocycles. The maximum Gasteiger partial charge on any atom is 0.0467 e. The van der Waals surface area contributed by atoms with E-state index in [1.54, 1.807) is 0 Å². The van der Waals surface area contributed by atoms with Crippen LogP contribution in [0.15, 0.2) is 24.3 Å². The van der Waals surface area contributed by atoms with Crippen LogP contribution in [0.5, 0.6) is 0 Å². The van der Waals surface area contributed by atoms with Gasteiger partial charge in [0.15, 0.2) is 0 Å². The third-order valence-corrected chi connectivity index (χ3v) is 4.82. The first-order valence-electron chi connectivity index (χ1n) is 8.29. The van der Waals surface area contributed by atoms with E-state index >= 15 is 0 Å². The Morgan fingerprint density at radius 3 is 2.19 bits per heavy atom. The Kier molecular flexibility index (Phi) is 6.07. The average molecular weight is 289 g/mol. The number of nitrogens with zero attached hydrogens (tertiary/aromatic N) is 2. The molecule has 0 saturated heterocycles. The van der Waals surface area contributed by atoms with Gasteiger partial charge in [-0.2, -0.15) is 0 Å². The Morgan fingerprint density at radius 1 is 1.05 bits per heavy atom. The van der Waals surface area contributed by atoms with Crippen molar-refractivity contribution in [3.63, 3.8) is 0 Å². The van der Waals surface area contributed by atoms with Crippen molar-refractivity contribution in [1.82, 2.24) is 4.90 Å². The van der Waals surface area contributed by atoms with Crippen LogP contribution in [0.3, 0.4) is 0 Å². The lowest BCUT2D eigenvalue weighted by Gasteiger charge is -2.32. The maximum absolute atomic E-state index is 6.06. The summed E-state index contributed by atoms with van der Waals surface area (Å²) in [7, 11) is 6.38. The lowest BCUT2D eigenvalue weighted by Crippen LogP contribution is -2.34. The molecule has 118 valence electrons. The molecule has 1 atom stereocenters. The van der Waals surface area contributed by atoms with Crippen molar-refractivity contribution in [2.45, 2.75) is 38.1 Å². The molecule has 0 radical (unpaired) electrons. The summed E-state index contributed by atoms with van der Waals surface area (Å²) in [6.07, 6.45) is 7.02. The molecule has 3 nitrogen and oxygen atoms in total. The average Bonchev–Trinajstić information content (AvgIpc) is 2.49. The summed E-state index contributed by atoms with van der Waals surface area (Å²) in [5.41, 5.74) is 8.63. The van der Waals surface area contributed by atoms with E-state index in [0.717, 1.165) is 5.92 Å². The largest absolute Gasteiger partial charge is 0.378 e. The van der Waals surface area contributed by atoms with Crippen LogP contribution in [0.4, 0.5) is 5.69 Å². The molecule has 1 aromatic rings. The molecule has 1 fully saturated rings. The van der Waals surface area contributed by atoms with Gasteiger partial charge in [0.2, 0.25) is 0 Å². The third kappa shape index (κ3) is 4.45. The summed E-state index contributed by atoms with van der Waals surface area (Å²) in [5.74, 6) is 0.860. The zero-order valence-electron chi connectivity index (χ0n) is 13.9. The molecule has 2 N–H and O–H groups in total. The number of benzene rings is 1. The van der Waals surface area contributed by atoms with E-state index in [9.17, 15) is 0 Å². The monoisotopic (exact) mass is 289 g/mol. The van der Waals surface area contributed by atoms with Crippen molar-refractivity contribution in [3.8, 4) is 0 Å². The van der Waals surface area contributed by atoms with E-state index < -0.39 is 0 Å². The van der Waals surface area contributed by atoms with E-state index in [2.05, 4.69) is 55.2 Å². The van der Waals surface area contributed by atoms with Crippen LogP contribution in [0.25, 0.3) is 0 Å². The topological polar surface area (TPSA) is 32.5 Å². The maximum atomic E-state index is 6.06. The molecule has 0 aliphatic heterocycles. The zero-order chi connectivity index (χ0) is 15.2. The quantitative estimate of drug-likeness (QED) is 0.872. The summed E-state index contributed by atoms with van der Waals surface area (Å²) >= 11 is 0. The molecule has 1 unspecified atom stereocenters. The second-order valence-corrected chi connectivity index (χ2v) is 6.68. The fraction of sp³-hybridized carbons (Fsp3) is 0.667. The van der Waals surface area contributed by atoms with Crippen molar-refractivity contribution in [2.75, 3.05) is 39.1 Å². The molecule has 0 bridgehead atoms. The number of rotatable bonds is 6. The first-order valence-corrected chi connectivity index (χ1v) is 8.29. The van der Waals surface area contributed by atoms with Crippen molar-refractivity contribution in [2.24, 2.45) is 11.7 Å². The van der Waals surface area contributed by atoms with E-state index in [0.29, 0.717) is 12.6 Å². The molecule has 0 heterocycles. The van der Waals surface area contributed by atoms with E-state index in [1.807, 2.05) is 0 Å². The van der Waals surface area contributed by atoms with Gasteiger partial charge in [-0.15, -0.1) is 0 Å². The number of hydrogen-bond acceptors (Lipinski definition) is 3. The normalized spacial score (nSPS) is 18.0.